The van der Waals surface area contributed by atoms with E-state index in [2.05, 4.69) is 41.9 Å². The summed E-state index contributed by atoms with van der Waals surface area (Å²) in [5, 5.41) is 0. The maximum absolute atomic E-state index is 13.2. The minimum absolute atomic E-state index is 0.00781. The fraction of sp³-hybridized carbons (Fsp3) is 0.375. The molecule has 0 bridgehead atoms. The number of amides is 1. The third-order valence-electron chi connectivity index (χ3n) is 6.17. The molecule has 2 aromatic carbocycles. The summed E-state index contributed by atoms with van der Waals surface area (Å²) in [4.78, 5) is 34.6. The van der Waals surface area contributed by atoms with Gasteiger partial charge in [0.25, 0.3) is 11.5 Å². The quantitative estimate of drug-likeness (QED) is 0.659. The molecule has 1 aliphatic heterocycles. The number of piperazine rings is 1. The Morgan fingerprint density at radius 3 is 2.27 bits per heavy atom. The van der Waals surface area contributed by atoms with E-state index in [1.807, 2.05) is 26.0 Å². The monoisotopic (exact) mass is 404 g/mol. The number of anilines is 1. The highest BCUT2D eigenvalue weighted by atomic mass is 16.2. The lowest BCUT2D eigenvalue weighted by molar-refractivity contribution is 0.0738. The predicted octanol–water partition coefficient (Wildman–Crippen LogP) is 3.13. The molecule has 1 aliphatic rings. The van der Waals surface area contributed by atoms with Gasteiger partial charge in [0.15, 0.2) is 5.69 Å². The lowest BCUT2D eigenvalue weighted by Gasteiger charge is -2.36. The number of aryl methyl sites for hydroxylation is 5. The first kappa shape index (κ1) is 20.1. The van der Waals surface area contributed by atoms with E-state index in [1.54, 1.807) is 11.9 Å². The van der Waals surface area contributed by atoms with Gasteiger partial charge in [0, 0.05) is 38.9 Å². The van der Waals surface area contributed by atoms with Gasteiger partial charge >= 0.3 is 0 Å². The van der Waals surface area contributed by atoms with Crippen LogP contribution in [0.3, 0.4) is 0 Å². The first-order valence-corrected chi connectivity index (χ1v) is 10.4. The molecular weight excluding hydrogens is 376 g/mol. The standard InChI is InChI=1S/C24H28N4O2/c1-15-6-7-16(2)20(12-15)27-8-10-28(11-9-27)24(30)22-23(29)26(5)21-14-18(4)17(3)13-19(21)25-22/h6-7,12-14H,8-11H2,1-5H3. The van der Waals surface area contributed by atoms with Crippen molar-refractivity contribution >= 4 is 22.6 Å². The second-order valence-corrected chi connectivity index (χ2v) is 8.32. The fourth-order valence-corrected chi connectivity index (χ4v) is 4.08. The molecule has 0 saturated carbocycles. The van der Waals surface area contributed by atoms with Gasteiger partial charge in [-0.25, -0.2) is 4.98 Å². The van der Waals surface area contributed by atoms with Crippen molar-refractivity contribution in [3.63, 3.8) is 0 Å². The Balaban J connectivity index is 1.59. The second kappa shape index (κ2) is 7.59. The van der Waals surface area contributed by atoms with Gasteiger partial charge in [0.1, 0.15) is 0 Å². The minimum atomic E-state index is -0.340. The van der Waals surface area contributed by atoms with Gasteiger partial charge in [-0.15, -0.1) is 0 Å². The molecule has 0 spiro atoms. The molecule has 1 aromatic heterocycles. The van der Waals surface area contributed by atoms with Gasteiger partial charge in [-0.3, -0.25) is 9.59 Å². The highest BCUT2D eigenvalue weighted by Gasteiger charge is 2.26. The summed E-state index contributed by atoms with van der Waals surface area (Å²) >= 11 is 0. The number of carbonyl (C=O) groups is 1. The summed E-state index contributed by atoms with van der Waals surface area (Å²) in [7, 11) is 1.70. The lowest BCUT2D eigenvalue weighted by Crippen LogP contribution is -2.50. The Bertz CT molecular complexity index is 1200. The highest BCUT2D eigenvalue weighted by molar-refractivity contribution is 5.94. The number of aromatic nitrogens is 2. The average Bonchev–Trinajstić information content (AvgIpc) is 2.73. The summed E-state index contributed by atoms with van der Waals surface area (Å²) < 4.78 is 1.54. The van der Waals surface area contributed by atoms with E-state index in [4.69, 9.17) is 0 Å². The van der Waals surface area contributed by atoms with Crippen LogP contribution < -0.4 is 10.5 Å². The van der Waals surface area contributed by atoms with Crippen molar-refractivity contribution in [3.05, 3.63) is 68.6 Å². The van der Waals surface area contributed by atoms with Crippen molar-refractivity contribution < 1.29 is 4.79 Å². The van der Waals surface area contributed by atoms with Crippen molar-refractivity contribution in [1.82, 2.24) is 14.5 Å². The van der Waals surface area contributed by atoms with Crippen LogP contribution in [0.1, 0.15) is 32.7 Å². The summed E-state index contributed by atoms with van der Waals surface area (Å²) in [6, 6.07) is 10.3. The van der Waals surface area contributed by atoms with Crippen molar-refractivity contribution in [3.8, 4) is 0 Å². The Morgan fingerprint density at radius 2 is 1.57 bits per heavy atom. The SMILES string of the molecule is Cc1ccc(C)c(N2CCN(C(=O)c3nc4cc(C)c(C)cc4n(C)c3=O)CC2)c1. The van der Waals surface area contributed by atoms with Crippen LogP contribution in [0.15, 0.2) is 35.1 Å². The van der Waals surface area contributed by atoms with Crippen molar-refractivity contribution in [1.29, 1.82) is 0 Å². The smallest absolute Gasteiger partial charge is 0.282 e. The van der Waals surface area contributed by atoms with Gasteiger partial charge in [-0.2, -0.15) is 0 Å². The molecule has 0 atom stereocenters. The Hall–Kier alpha value is -3.15. The van der Waals surface area contributed by atoms with Crippen LogP contribution in [0.2, 0.25) is 0 Å². The third kappa shape index (κ3) is 3.47. The summed E-state index contributed by atoms with van der Waals surface area (Å²) in [6.07, 6.45) is 0. The highest BCUT2D eigenvalue weighted by Crippen LogP contribution is 2.23. The van der Waals surface area contributed by atoms with E-state index in [0.29, 0.717) is 18.6 Å². The maximum atomic E-state index is 13.2. The van der Waals surface area contributed by atoms with Crippen molar-refractivity contribution in [2.24, 2.45) is 7.05 Å². The molecule has 6 heteroatoms. The first-order chi connectivity index (χ1) is 14.3. The number of benzene rings is 2. The zero-order chi connectivity index (χ0) is 21.6. The number of hydrogen-bond acceptors (Lipinski definition) is 4. The Kier molecular flexibility index (Phi) is 5.10. The van der Waals surface area contributed by atoms with Crippen LogP contribution in [-0.2, 0) is 7.05 Å². The molecule has 0 aliphatic carbocycles. The van der Waals surface area contributed by atoms with E-state index in [-0.39, 0.29) is 17.2 Å². The summed E-state index contributed by atoms with van der Waals surface area (Å²) in [5.41, 5.74) is 6.96. The summed E-state index contributed by atoms with van der Waals surface area (Å²) in [6.45, 7) is 10.8. The van der Waals surface area contributed by atoms with Gasteiger partial charge in [0.2, 0.25) is 0 Å². The van der Waals surface area contributed by atoms with Crippen LogP contribution in [0.5, 0.6) is 0 Å². The van der Waals surface area contributed by atoms with Gasteiger partial charge in [-0.1, -0.05) is 12.1 Å². The molecule has 30 heavy (non-hydrogen) atoms. The summed E-state index contributed by atoms with van der Waals surface area (Å²) in [5.74, 6) is -0.281. The fourth-order valence-electron chi connectivity index (χ4n) is 4.08. The molecule has 6 nitrogen and oxygen atoms in total. The molecule has 0 N–H and O–H groups in total. The molecule has 2 heterocycles. The zero-order valence-electron chi connectivity index (χ0n) is 18.3. The van der Waals surface area contributed by atoms with Crippen LogP contribution in [0.4, 0.5) is 5.69 Å². The number of rotatable bonds is 2. The molecule has 1 amide bonds. The topological polar surface area (TPSA) is 58.4 Å². The van der Waals surface area contributed by atoms with E-state index in [0.717, 1.165) is 29.7 Å². The molecule has 3 aromatic rings. The van der Waals surface area contributed by atoms with Crippen molar-refractivity contribution in [2.45, 2.75) is 27.7 Å². The minimum Gasteiger partial charge on any atom is -0.368 e. The molecule has 4 rings (SSSR count). The van der Waals surface area contributed by atoms with Gasteiger partial charge < -0.3 is 14.4 Å². The first-order valence-electron chi connectivity index (χ1n) is 10.4. The van der Waals surface area contributed by atoms with Crippen LogP contribution >= 0.6 is 0 Å². The van der Waals surface area contributed by atoms with E-state index in [9.17, 15) is 9.59 Å². The Labute approximate surface area is 176 Å². The normalized spacial score (nSPS) is 14.4. The largest absolute Gasteiger partial charge is 0.368 e. The molecule has 1 fully saturated rings. The predicted molar refractivity (Wildman–Crippen MR) is 120 cm³/mol. The molecule has 0 unspecified atom stereocenters. The molecule has 1 saturated heterocycles. The number of carbonyl (C=O) groups excluding carboxylic acids is 1. The van der Waals surface area contributed by atoms with Gasteiger partial charge in [-0.05, 0) is 68.1 Å². The number of hydrogen-bond donors (Lipinski definition) is 0. The van der Waals surface area contributed by atoms with Crippen LogP contribution in [0.25, 0.3) is 11.0 Å². The number of nitrogens with zero attached hydrogens (tertiary/aromatic N) is 4. The van der Waals surface area contributed by atoms with Crippen molar-refractivity contribution in [2.75, 3.05) is 31.1 Å². The van der Waals surface area contributed by atoms with E-state index >= 15 is 0 Å². The van der Waals surface area contributed by atoms with Crippen LogP contribution in [-0.4, -0.2) is 46.5 Å². The zero-order valence-corrected chi connectivity index (χ0v) is 18.3. The maximum Gasteiger partial charge on any atom is 0.282 e. The Morgan fingerprint density at radius 1 is 0.900 bits per heavy atom. The van der Waals surface area contributed by atoms with E-state index in [1.165, 1.54) is 21.4 Å². The number of fused-ring (bicyclic) bond motifs is 1. The lowest BCUT2D eigenvalue weighted by atomic mass is 10.1. The van der Waals surface area contributed by atoms with E-state index < -0.39 is 0 Å². The van der Waals surface area contributed by atoms with Crippen LogP contribution in [0, 0.1) is 27.7 Å². The third-order valence-corrected chi connectivity index (χ3v) is 6.17. The average molecular weight is 405 g/mol. The second-order valence-electron chi connectivity index (χ2n) is 8.32. The van der Waals surface area contributed by atoms with Gasteiger partial charge in [0.05, 0.1) is 11.0 Å². The molecule has 156 valence electrons. The molecular formula is C24H28N4O2. The molecule has 0 radical (unpaired) electrons.